The number of ether oxygens (including phenoxy) is 3. The Labute approximate surface area is 180 Å². The van der Waals surface area contributed by atoms with Crippen LogP contribution in [0.5, 0.6) is 5.75 Å². The van der Waals surface area contributed by atoms with Crippen molar-refractivity contribution in [3.8, 4) is 5.75 Å². The second-order valence-electron chi connectivity index (χ2n) is 8.15. The summed E-state index contributed by atoms with van der Waals surface area (Å²) in [5.41, 5.74) is 1.33. The molecule has 0 aliphatic carbocycles. The van der Waals surface area contributed by atoms with Crippen LogP contribution >= 0.6 is 0 Å². The van der Waals surface area contributed by atoms with Crippen molar-refractivity contribution >= 4 is 16.9 Å². The fourth-order valence-corrected chi connectivity index (χ4v) is 4.66. The number of aromatic amines is 1. The van der Waals surface area contributed by atoms with Crippen molar-refractivity contribution in [2.24, 2.45) is 5.92 Å². The zero-order valence-electron chi connectivity index (χ0n) is 16.7. The number of benzene rings is 1. The van der Waals surface area contributed by atoms with E-state index in [2.05, 4.69) is 20.3 Å². The zero-order valence-corrected chi connectivity index (χ0v) is 16.7. The average molecular weight is 444 g/mol. The predicted octanol–water partition coefficient (Wildman–Crippen LogP) is 4.21. The minimum atomic E-state index is -4.50. The molecule has 7 nitrogen and oxygen atoms in total. The Balaban J connectivity index is 1.41. The maximum absolute atomic E-state index is 13.3. The summed E-state index contributed by atoms with van der Waals surface area (Å²) < 4.78 is 57.1. The fraction of sp³-hybridized carbons (Fsp3) is 0.364. The molecule has 1 saturated heterocycles. The van der Waals surface area contributed by atoms with Gasteiger partial charge >= 0.3 is 6.18 Å². The maximum atomic E-state index is 13.3. The first kappa shape index (κ1) is 19.6. The Hall–Kier alpha value is -3.11. The first-order valence-electron chi connectivity index (χ1n) is 10.3. The minimum Gasteiger partial charge on any atom is -0.493 e. The molecule has 6 rings (SSSR count). The van der Waals surface area contributed by atoms with Crippen LogP contribution in [0, 0.1) is 5.92 Å². The van der Waals surface area contributed by atoms with Gasteiger partial charge in [-0.15, -0.1) is 0 Å². The number of fused-ring (bicyclic) bond motifs is 4. The van der Waals surface area contributed by atoms with Crippen LogP contribution < -0.4 is 10.1 Å². The highest BCUT2D eigenvalue weighted by Crippen LogP contribution is 2.44. The minimum absolute atomic E-state index is 0.00240. The molecule has 2 aromatic heterocycles. The summed E-state index contributed by atoms with van der Waals surface area (Å²) in [4.78, 5) is 10.6. The van der Waals surface area contributed by atoms with Gasteiger partial charge in [-0.2, -0.15) is 13.2 Å². The number of H-pyrrole nitrogens is 1. The van der Waals surface area contributed by atoms with Gasteiger partial charge in [0.2, 0.25) is 0 Å². The van der Waals surface area contributed by atoms with Crippen molar-refractivity contribution in [3.05, 3.63) is 59.6 Å². The molecular formula is C22H19F3N4O3. The Morgan fingerprint density at radius 1 is 1.12 bits per heavy atom. The number of nitrogens with zero attached hydrogens (tertiary/aromatic N) is 2. The van der Waals surface area contributed by atoms with Crippen LogP contribution in [0.3, 0.4) is 0 Å². The lowest BCUT2D eigenvalue weighted by atomic mass is 9.82. The van der Waals surface area contributed by atoms with E-state index in [1.54, 1.807) is 0 Å². The Morgan fingerprint density at radius 3 is 2.84 bits per heavy atom. The molecule has 166 valence electrons. The Kier molecular flexibility index (Phi) is 4.41. The third-order valence-corrected chi connectivity index (χ3v) is 6.16. The molecule has 10 heteroatoms. The van der Waals surface area contributed by atoms with Crippen molar-refractivity contribution in [1.29, 1.82) is 0 Å². The van der Waals surface area contributed by atoms with Gasteiger partial charge in [-0.05, 0) is 24.6 Å². The van der Waals surface area contributed by atoms with Gasteiger partial charge in [0.1, 0.15) is 29.2 Å². The highest BCUT2D eigenvalue weighted by molar-refractivity contribution is 5.88. The van der Waals surface area contributed by atoms with Gasteiger partial charge < -0.3 is 24.5 Å². The number of halogens is 3. The van der Waals surface area contributed by atoms with Crippen molar-refractivity contribution in [1.82, 2.24) is 15.0 Å². The highest BCUT2D eigenvalue weighted by atomic mass is 19.4. The molecule has 3 aromatic rings. The smallest absolute Gasteiger partial charge is 0.431 e. The largest absolute Gasteiger partial charge is 0.493 e. The van der Waals surface area contributed by atoms with E-state index in [-0.39, 0.29) is 35.4 Å². The van der Waals surface area contributed by atoms with Crippen molar-refractivity contribution in [2.75, 3.05) is 18.5 Å². The summed E-state index contributed by atoms with van der Waals surface area (Å²) in [5.74, 6) is 1.01. The van der Waals surface area contributed by atoms with E-state index in [1.165, 1.54) is 6.33 Å². The summed E-state index contributed by atoms with van der Waals surface area (Å²) in [6.07, 6.45) is -0.921. The van der Waals surface area contributed by atoms with E-state index in [4.69, 9.17) is 14.2 Å². The lowest BCUT2D eigenvalue weighted by Gasteiger charge is -2.37. The summed E-state index contributed by atoms with van der Waals surface area (Å²) in [7, 11) is 0. The molecule has 0 spiro atoms. The molecule has 5 heterocycles. The molecule has 32 heavy (non-hydrogen) atoms. The van der Waals surface area contributed by atoms with Crippen LogP contribution in [0.4, 0.5) is 19.0 Å². The predicted molar refractivity (Wildman–Crippen MR) is 108 cm³/mol. The molecule has 0 amide bonds. The van der Waals surface area contributed by atoms with Crippen molar-refractivity contribution in [2.45, 2.75) is 31.0 Å². The molecule has 3 aliphatic heterocycles. The van der Waals surface area contributed by atoms with Gasteiger partial charge in [0, 0.05) is 11.5 Å². The molecule has 0 saturated carbocycles. The number of nitrogens with one attached hydrogen (secondary N) is 2. The third-order valence-electron chi connectivity index (χ3n) is 6.16. The van der Waals surface area contributed by atoms with Crippen LogP contribution in [0.1, 0.15) is 23.7 Å². The Morgan fingerprint density at radius 2 is 2.00 bits per heavy atom. The van der Waals surface area contributed by atoms with E-state index < -0.39 is 11.9 Å². The zero-order chi connectivity index (χ0) is 21.9. The average Bonchev–Trinajstić information content (AvgIpc) is 3.37. The maximum Gasteiger partial charge on any atom is 0.431 e. The topological polar surface area (TPSA) is 81.3 Å². The second kappa shape index (κ2) is 7.21. The van der Waals surface area contributed by atoms with E-state index in [9.17, 15) is 13.2 Å². The normalized spacial score (nSPS) is 27.0. The van der Waals surface area contributed by atoms with Crippen LogP contribution in [0.2, 0.25) is 0 Å². The number of para-hydroxylation sites is 1. The molecule has 0 radical (unpaired) electrons. The molecular weight excluding hydrogens is 425 g/mol. The Bertz CT molecular complexity index is 1210. The molecule has 1 aromatic carbocycles. The van der Waals surface area contributed by atoms with Crippen LogP contribution in [-0.4, -0.2) is 40.6 Å². The van der Waals surface area contributed by atoms with Crippen LogP contribution in [0.15, 0.2) is 48.3 Å². The fourth-order valence-electron chi connectivity index (χ4n) is 4.66. The van der Waals surface area contributed by atoms with Gasteiger partial charge in [-0.25, -0.2) is 9.97 Å². The van der Waals surface area contributed by atoms with E-state index in [1.807, 2.05) is 30.3 Å². The standard InChI is InChI=1S/C22H19F3N4O3/c23-22(24,25)17-7-14-20(28-17)26-10-27-21(14)29-19-13-3-1-2-4-16(13)30-9-15(19)11-5-12-8-31-18(6-11)32-12/h1-4,6-7,10,12,15,18-19H,5,8-9H2,(H2,26,27,28,29)/t12-,15+,18+,19-/m0/s1. The summed E-state index contributed by atoms with van der Waals surface area (Å²) in [6, 6.07) is 8.44. The number of rotatable bonds is 3. The lowest BCUT2D eigenvalue weighted by Crippen LogP contribution is -2.35. The van der Waals surface area contributed by atoms with Crippen molar-refractivity contribution in [3.63, 3.8) is 0 Å². The molecule has 4 atom stereocenters. The SMILES string of the molecule is FC(F)(F)c1cc2c(N[C@H]3c4ccccc4OC[C@@H]3C3=C[C@@H]4OC[C@H](C3)O4)ncnc2[nH]1. The number of alkyl halides is 3. The van der Waals surface area contributed by atoms with Gasteiger partial charge in [-0.3, -0.25) is 0 Å². The van der Waals surface area contributed by atoms with E-state index in [0.717, 1.165) is 23.0 Å². The third kappa shape index (κ3) is 3.30. The van der Waals surface area contributed by atoms with E-state index in [0.29, 0.717) is 25.5 Å². The first-order valence-corrected chi connectivity index (χ1v) is 10.3. The summed E-state index contributed by atoms with van der Waals surface area (Å²) >= 11 is 0. The molecule has 3 aliphatic rings. The van der Waals surface area contributed by atoms with Crippen LogP contribution in [0.25, 0.3) is 11.0 Å². The second-order valence-corrected chi connectivity index (χ2v) is 8.15. The number of hydrogen-bond acceptors (Lipinski definition) is 6. The quantitative estimate of drug-likeness (QED) is 0.589. The van der Waals surface area contributed by atoms with Gasteiger partial charge in [0.15, 0.2) is 6.29 Å². The molecule has 2 bridgehead atoms. The molecule has 0 unspecified atom stereocenters. The molecule has 2 N–H and O–H groups in total. The van der Waals surface area contributed by atoms with Crippen LogP contribution in [-0.2, 0) is 15.7 Å². The van der Waals surface area contributed by atoms with Gasteiger partial charge in [0.05, 0.1) is 30.7 Å². The number of anilines is 1. The summed E-state index contributed by atoms with van der Waals surface area (Å²) in [6.45, 7) is 0.970. The first-order chi connectivity index (χ1) is 15.5. The highest BCUT2D eigenvalue weighted by Gasteiger charge is 2.40. The van der Waals surface area contributed by atoms with E-state index >= 15 is 0 Å². The lowest BCUT2D eigenvalue weighted by molar-refractivity contribution is -0.140. The van der Waals surface area contributed by atoms with Gasteiger partial charge in [0.25, 0.3) is 0 Å². The number of hydrogen-bond donors (Lipinski definition) is 2. The monoisotopic (exact) mass is 444 g/mol. The van der Waals surface area contributed by atoms with Crippen molar-refractivity contribution < 1.29 is 27.4 Å². The number of aromatic nitrogens is 3. The summed E-state index contributed by atoms with van der Waals surface area (Å²) in [5, 5.41) is 3.69. The van der Waals surface area contributed by atoms with Gasteiger partial charge in [-0.1, -0.05) is 23.8 Å². The molecule has 1 fully saturated rings.